The van der Waals surface area contributed by atoms with Crippen LogP contribution in [-0.4, -0.2) is 0 Å². The van der Waals surface area contributed by atoms with Gasteiger partial charge < -0.3 is 0 Å². The van der Waals surface area contributed by atoms with E-state index in [1.807, 2.05) is 0 Å². The van der Waals surface area contributed by atoms with E-state index < -0.39 is 0 Å². The van der Waals surface area contributed by atoms with E-state index in [1.54, 1.807) is 0 Å². The van der Waals surface area contributed by atoms with Crippen molar-refractivity contribution in [1.82, 2.24) is 0 Å². The molecule has 0 fully saturated rings. The molecule has 0 amide bonds. The number of allylic oxidation sites excluding steroid dienone is 1. The fraction of sp³-hybridized carbons (Fsp3) is 0.143. The molecule has 0 N–H and O–H groups in total. The highest BCUT2D eigenvalue weighted by molar-refractivity contribution is 6.01. The molecule has 0 heteroatoms. The van der Waals surface area contributed by atoms with E-state index >= 15 is 0 Å². The average molecular weight is 270 g/mol. The van der Waals surface area contributed by atoms with E-state index in [1.165, 1.54) is 38.6 Å². The second-order valence-electron chi connectivity index (χ2n) is 5.72. The smallest absolute Gasteiger partial charge is 0.00135 e. The molecular weight excluding hydrogens is 252 g/mol. The molecule has 3 aromatic rings. The van der Waals surface area contributed by atoms with Gasteiger partial charge in [-0.15, -0.1) is 0 Å². The number of hydrogen-bond acceptors (Lipinski definition) is 0. The Morgan fingerprint density at radius 3 is 2.38 bits per heavy atom. The Labute approximate surface area is 125 Å². The average Bonchev–Trinajstić information content (AvgIpc) is 2.97. The van der Waals surface area contributed by atoms with Crippen molar-refractivity contribution in [1.29, 1.82) is 0 Å². The Hall–Kier alpha value is -2.34. The maximum Gasteiger partial charge on any atom is -0.00135 e. The van der Waals surface area contributed by atoms with Gasteiger partial charge in [0.25, 0.3) is 0 Å². The molecule has 1 aliphatic rings. The zero-order valence-corrected chi connectivity index (χ0v) is 12.3. The highest BCUT2D eigenvalue weighted by Gasteiger charge is 2.15. The molecule has 0 nitrogen and oxygen atoms in total. The lowest BCUT2D eigenvalue weighted by atomic mass is 9.93. The molecule has 0 saturated heterocycles. The van der Waals surface area contributed by atoms with Crippen LogP contribution in [0.1, 0.15) is 29.2 Å². The molecule has 0 aromatic heterocycles. The molecule has 0 bridgehead atoms. The van der Waals surface area contributed by atoms with Crippen molar-refractivity contribution in [3.63, 3.8) is 0 Å². The first-order valence-electron chi connectivity index (χ1n) is 7.66. The highest BCUT2D eigenvalue weighted by atomic mass is 14.2. The van der Waals surface area contributed by atoms with Crippen LogP contribution in [0.3, 0.4) is 0 Å². The molecule has 0 radical (unpaired) electrons. The summed E-state index contributed by atoms with van der Waals surface area (Å²) in [5.74, 6) is 0. The summed E-state index contributed by atoms with van der Waals surface area (Å²) in [7, 11) is 0. The van der Waals surface area contributed by atoms with Crippen molar-refractivity contribution in [3.8, 4) is 0 Å². The largest absolute Gasteiger partial charge is 0.0619 e. The monoisotopic (exact) mass is 270 g/mol. The molecule has 4 rings (SSSR count). The number of fused-ring (bicyclic) bond motifs is 2. The number of hydrogen-bond donors (Lipinski definition) is 0. The van der Waals surface area contributed by atoms with Crippen molar-refractivity contribution < 1.29 is 0 Å². The summed E-state index contributed by atoms with van der Waals surface area (Å²) in [5.41, 5.74) is 7.08. The maximum atomic E-state index is 2.35. The zero-order valence-electron chi connectivity index (χ0n) is 12.3. The van der Waals surface area contributed by atoms with E-state index in [4.69, 9.17) is 0 Å². The van der Waals surface area contributed by atoms with E-state index in [0.717, 1.165) is 12.8 Å². The fourth-order valence-corrected chi connectivity index (χ4v) is 3.40. The minimum atomic E-state index is 1.05. The summed E-state index contributed by atoms with van der Waals surface area (Å²) in [4.78, 5) is 0. The van der Waals surface area contributed by atoms with Crippen molar-refractivity contribution in [2.24, 2.45) is 0 Å². The minimum Gasteiger partial charge on any atom is -0.0619 e. The van der Waals surface area contributed by atoms with Gasteiger partial charge in [-0.2, -0.15) is 0 Å². The summed E-state index contributed by atoms with van der Waals surface area (Å²) in [6.45, 7) is 2.23. The summed E-state index contributed by atoms with van der Waals surface area (Å²) in [5, 5.41) is 2.78. The standard InChI is InChI=1S/C21H18/c1-2-15-11-12-20(21-10-6-5-9-19(15)21)18-13-16-7-3-4-8-17(16)14-18/h3-13H,2,14H2,1H3. The Kier molecular flexibility index (Phi) is 2.89. The fourth-order valence-electron chi connectivity index (χ4n) is 3.40. The van der Waals surface area contributed by atoms with Gasteiger partial charge in [0, 0.05) is 0 Å². The Balaban J connectivity index is 1.90. The van der Waals surface area contributed by atoms with Crippen LogP contribution in [0.2, 0.25) is 0 Å². The van der Waals surface area contributed by atoms with Crippen LogP contribution in [-0.2, 0) is 12.8 Å². The van der Waals surface area contributed by atoms with E-state index in [0.29, 0.717) is 0 Å². The number of rotatable bonds is 2. The van der Waals surface area contributed by atoms with E-state index in [-0.39, 0.29) is 0 Å². The van der Waals surface area contributed by atoms with E-state index in [2.05, 4.69) is 73.7 Å². The van der Waals surface area contributed by atoms with Crippen molar-refractivity contribution in [3.05, 3.63) is 82.9 Å². The van der Waals surface area contributed by atoms with Crippen LogP contribution in [0.4, 0.5) is 0 Å². The molecule has 0 unspecified atom stereocenters. The van der Waals surface area contributed by atoms with Gasteiger partial charge in [-0.05, 0) is 51.4 Å². The first-order valence-corrected chi connectivity index (χ1v) is 7.66. The van der Waals surface area contributed by atoms with Gasteiger partial charge >= 0.3 is 0 Å². The van der Waals surface area contributed by atoms with Crippen LogP contribution < -0.4 is 0 Å². The molecule has 0 spiro atoms. The predicted octanol–water partition coefficient (Wildman–Crippen LogP) is 5.50. The van der Waals surface area contributed by atoms with Crippen molar-refractivity contribution in [2.75, 3.05) is 0 Å². The Morgan fingerprint density at radius 2 is 1.57 bits per heavy atom. The summed E-state index contributed by atoms with van der Waals surface area (Å²) in [6, 6.07) is 22.1. The molecule has 0 heterocycles. The first-order chi connectivity index (χ1) is 10.4. The normalized spacial score (nSPS) is 13.3. The highest BCUT2D eigenvalue weighted by Crippen LogP contribution is 2.35. The molecule has 21 heavy (non-hydrogen) atoms. The first kappa shape index (κ1) is 12.4. The third kappa shape index (κ3) is 1.99. The third-order valence-electron chi connectivity index (χ3n) is 4.51. The zero-order chi connectivity index (χ0) is 14.2. The van der Waals surface area contributed by atoms with Crippen molar-refractivity contribution >= 4 is 22.4 Å². The van der Waals surface area contributed by atoms with Crippen LogP contribution in [0, 0.1) is 0 Å². The number of aryl methyl sites for hydroxylation is 1. The molecular formula is C21H18. The number of benzene rings is 3. The van der Waals surface area contributed by atoms with Gasteiger partial charge in [0.1, 0.15) is 0 Å². The maximum absolute atomic E-state index is 2.35. The van der Waals surface area contributed by atoms with Gasteiger partial charge in [-0.25, -0.2) is 0 Å². The molecule has 0 saturated carbocycles. The third-order valence-corrected chi connectivity index (χ3v) is 4.51. The van der Waals surface area contributed by atoms with Gasteiger partial charge in [0.2, 0.25) is 0 Å². The van der Waals surface area contributed by atoms with Crippen LogP contribution >= 0.6 is 0 Å². The molecule has 1 aliphatic carbocycles. The molecule has 3 aromatic carbocycles. The summed E-state index contributed by atoms with van der Waals surface area (Å²) >= 11 is 0. The minimum absolute atomic E-state index is 1.05. The Morgan fingerprint density at radius 1 is 0.810 bits per heavy atom. The van der Waals surface area contributed by atoms with Crippen LogP contribution in [0.25, 0.3) is 22.4 Å². The van der Waals surface area contributed by atoms with Crippen LogP contribution in [0.5, 0.6) is 0 Å². The van der Waals surface area contributed by atoms with Gasteiger partial charge in [-0.3, -0.25) is 0 Å². The molecule has 102 valence electrons. The second kappa shape index (κ2) is 4.89. The van der Waals surface area contributed by atoms with E-state index in [9.17, 15) is 0 Å². The van der Waals surface area contributed by atoms with Crippen LogP contribution in [0.15, 0.2) is 60.7 Å². The SMILES string of the molecule is CCc1ccc(C2=Cc3ccccc3C2)c2ccccc12. The topological polar surface area (TPSA) is 0 Å². The Bertz CT molecular complexity index is 853. The summed E-state index contributed by atoms with van der Waals surface area (Å²) < 4.78 is 0. The molecule has 0 aliphatic heterocycles. The van der Waals surface area contributed by atoms with Gasteiger partial charge in [0.05, 0.1) is 0 Å². The lowest BCUT2D eigenvalue weighted by Gasteiger charge is -2.11. The van der Waals surface area contributed by atoms with Gasteiger partial charge in [0.15, 0.2) is 0 Å². The lowest BCUT2D eigenvalue weighted by Crippen LogP contribution is -1.91. The predicted molar refractivity (Wildman–Crippen MR) is 91.3 cm³/mol. The molecule has 0 atom stereocenters. The quantitative estimate of drug-likeness (QED) is 0.577. The van der Waals surface area contributed by atoms with Crippen molar-refractivity contribution in [2.45, 2.75) is 19.8 Å². The lowest BCUT2D eigenvalue weighted by molar-refractivity contribution is 1.16. The second-order valence-corrected chi connectivity index (χ2v) is 5.72. The summed E-state index contributed by atoms with van der Waals surface area (Å²) in [6.07, 6.45) is 4.48. The van der Waals surface area contributed by atoms with Gasteiger partial charge in [-0.1, -0.05) is 73.7 Å².